The molecular formula is C37H39F6N3O6. The molecule has 1 aromatic heterocycles. The van der Waals surface area contributed by atoms with E-state index in [0.29, 0.717) is 46.9 Å². The Balaban J connectivity index is 1.84. The van der Waals surface area contributed by atoms with Gasteiger partial charge in [0, 0.05) is 32.2 Å². The molecule has 0 radical (unpaired) electrons. The molecule has 3 aromatic carbocycles. The molecule has 0 unspecified atom stereocenters. The standard InChI is InChI=1S/C37H39F6N3O6/c1-23(2)25-7-10-33(50-4)32(17-25)31-9-8-29(52-13-12-49-3)16-26(31)22-46(35-44-19-30(20-45-35)51-11-5-6-34(47)48)21-24-14-27(36(38,39)40)18-28(15-24)37(41,42)43/h7-10,14-20,23H,5-6,11-13,21-22H2,1-4H3,(H,47,48). The summed E-state index contributed by atoms with van der Waals surface area (Å²) in [7, 11) is 3.04. The van der Waals surface area contributed by atoms with Crippen molar-refractivity contribution in [3.8, 4) is 28.4 Å². The van der Waals surface area contributed by atoms with Crippen LogP contribution in [0.4, 0.5) is 32.3 Å². The second kappa shape index (κ2) is 17.4. The Morgan fingerprint density at radius 2 is 1.44 bits per heavy atom. The van der Waals surface area contributed by atoms with E-state index in [9.17, 15) is 31.1 Å². The van der Waals surface area contributed by atoms with Gasteiger partial charge in [-0.2, -0.15) is 26.3 Å². The lowest BCUT2D eigenvalue weighted by molar-refractivity contribution is -0.143. The first-order valence-electron chi connectivity index (χ1n) is 16.2. The highest BCUT2D eigenvalue weighted by Crippen LogP contribution is 2.39. The quantitative estimate of drug-likeness (QED) is 0.0842. The van der Waals surface area contributed by atoms with E-state index in [4.69, 9.17) is 24.1 Å². The number of hydrogen-bond acceptors (Lipinski definition) is 8. The number of halogens is 6. The molecule has 1 heterocycles. The van der Waals surface area contributed by atoms with Gasteiger partial charge in [0.1, 0.15) is 18.1 Å². The molecule has 0 fully saturated rings. The number of alkyl halides is 6. The largest absolute Gasteiger partial charge is 0.496 e. The van der Waals surface area contributed by atoms with Gasteiger partial charge in [0.05, 0.1) is 43.8 Å². The topological polar surface area (TPSA) is 103 Å². The van der Waals surface area contributed by atoms with Crippen molar-refractivity contribution in [2.75, 3.05) is 38.9 Å². The van der Waals surface area contributed by atoms with Gasteiger partial charge < -0.3 is 29.0 Å². The van der Waals surface area contributed by atoms with E-state index in [1.54, 1.807) is 18.2 Å². The van der Waals surface area contributed by atoms with Crippen molar-refractivity contribution in [3.63, 3.8) is 0 Å². The number of hydrogen-bond donors (Lipinski definition) is 1. The van der Waals surface area contributed by atoms with Gasteiger partial charge in [-0.05, 0) is 77.1 Å². The number of methoxy groups -OCH3 is 2. The van der Waals surface area contributed by atoms with Crippen LogP contribution in [0.15, 0.2) is 67.0 Å². The summed E-state index contributed by atoms with van der Waals surface area (Å²) in [4.78, 5) is 21.0. The first-order valence-corrected chi connectivity index (χ1v) is 16.2. The molecule has 52 heavy (non-hydrogen) atoms. The maximum absolute atomic E-state index is 13.8. The van der Waals surface area contributed by atoms with Gasteiger partial charge in [0.2, 0.25) is 5.95 Å². The third kappa shape index (κ3) is 11.0. The molecule has 0 atom stereocenters. The molecule has 0 aliphatic carbocycles. The number of benzene rings is 3. The van der Waals surface area contributed by atoms with Crippen molar-refractivity contribution in [1.82, 2.24) is 9.97 Å². The van der Waals surface area contributed by atoms with E-state index in [-0.39, 0.29) is 61.8 Å². The lowest BCUT2D eigenvalue weighted by atomic mass is 9.93. The molecule has 0 saturated carbocycles. The van der Waals surface area contributed by atoms with Gasteiger partial charge in [-0.15, -0.1) is 0 Å². The van der Waals surface area contributed by atoms with Crippen molar-refractivity contribution >= 4 is 11.9 Å². The number of aromatic nitrogens is 2. The second-order valence-corrected chi connectivity index (χ2v) is 12.1. The molecule has 0 amide bonds. The predicted molar refractivity (Wildman–Crippen MR) is 181 cm³/mol. The molecule has 280 valence electrons. The van der Waals surface area contributed by atoms with Gasteiger partial charge >= 0.3 is 18.3 Å². The Labute approximate surface area is 297 Å². The van der Waals surface area contributed by atoms with E-state index in [0.717, 1.165) is 5.56 Å². The molecule has 0 bridgehead atoms. The molecule has 0 aliphatic rings. The zero-order chi connectivity index (χ0) is 38.1. The number of carbonyl (C=O) groups is 1. The summed E-state index contributed by atoms with van der Waals surface area (Å²) in [5.74, 6) is 0.316. The van der Waals surface area contributed by atoms with Crippen molar-refractivity contribution < 1.29 is 55.2 Å². The van der Waals surface area contributed by atoms with E-state index in [1.165, 1.54) is 31.5 Å². The maximum atomic E-state index is 13.8. The minimum atomic E-state index is -5.05. The maximum Gasteiger partial charge on any atom is 0.416 e. The zero-order valence-electron chi connectivity index (χ0n) is 29.0. The van der Waals surface area contributed by atoms with Gasteiger partial charge in [-0.25, -0.2) is 9.97 Å². The highest BCUT2D eigenvalue weighted by molar-refractivity contribution is 5.75. The summed E-state index contributed by atoms with van der Waals surface area (Å²) in [6.45, 7) is 4.07. The Kier molecular flexibility index (Phi) is 13.3. The van der Waals surface area contributed by atoms with Gasteiger partial charge in [-0.3, -0.25) is 4.79 Å². The van der Waals surface area contributed by atoms with E-state index >= 15 is 0 Å². The summed E-state index contributed by atoms with van der Waals surface area (Å²) in [5, 5.41) is 8.87. The van der Waals surface area contributed by atoms with Crippen LogP contribution in [0.3, 0.4) is 0 Å². The Hall–Kier alpha value is -5.05. The van der Waals surface area contributed by atoms with Crippen molar-refractivity contribution in [2.24, 2.45) is 0 Å². The van der Waals surface area contributed by atoms with E-state index in [1.807, 2.05) is 32.0 Å². The van der Waals surface area contributed by atoms with Crippen LogP contribution in [0.25, 0.3) is 11.1 Å². The van der Waals surface area contributed by atoms with Crippen molar-refractivity contribution in [1.29, 1.82) is 0 Å². The number of aliphatic carboxylic acids is 1. The fraction of sp³-hybridized carbons (Fsp3) is 0.378. The van der Waals surface area contributed by atoms with Crippen LogP contribution in [0.2, 0.25) is 0 Å². The molecule has 9 nitrogen and oxygen atoms in total. The average molecular weight is 736 g/mol. The van der Waals surface area contributed by atoms with E-state index < -0.39 is 36.0 Å². The van der Waals surface area contributed by atoms with Gasteiger partial charge in [-0.1, -0.05) is 26.0 Å². The molecule has 15 heteroatoms. The smallest absolute Gasteiger partial charge is 0.416 e. The minimum absolute atomic E-state index is 0.0246. The predicted octanol–water partition coefficient (Wildman–Crippen LogP) is 8.79. The average Bonchev–Trinajstić information content (AvgIpc) is 3.09. The molecule has 0 spiro atoms. The lowest BCUT2D eigenvalue weighted by Crippen LogP contribution is -2.25. The molecular weight excluding hydrogens is 696 g/mol. The number of rotatable bonds is 17. The number of anilines is 1. The molecule has 0 saturated heterocycles. The lowest BCUT2D eigenvalue weighted by Gasteiger charge is -2.26. The number of ether oxygens (including phenoxy) is 4. The third-order valence-electron chi connectivity index (χ3n) is 7.90. The fourth-order valence-electron chi connectivity index (χ4n) is 5.29. The fourth-order valence-corrected chi connectivity index (χ4v) is 5.29. The minimum Gasteiger partial charge on any atom is -0.496 e. The van der Waals surface area contributed by atoms with Gasteiger partial charge in [0.15, 0.2) is 5.75 Å². The molecule has 1 N–H and O–H groups in total. The third-order valence-corrected chi connectivity index (χ3v) is 7.90. The summed E-state index contributed by atoms with van der Waals surface area (Å²) in [6.07, 6.45) is -7.40. The van der Waals surface area contributed by atoms with Crippen LogP contribution in [0, 0.1) is 0 Å². The normalized spacial score (nSPS) is 11.8. The molecule has 4 rings (SSSR count). The monoisotopic (exact) mass is 735 g/mol. The summed E-state index contributed by atoms with van der Waals surface area (Å²) < 4.78 is 105. The number of nitrogens with zero attached hydrogens (tertiary/aromatic N) is 3. The Morgan fingerprint density at radius 3 is 2.02 bits per heavy atom. The van der Waals surface area contributed by atoms with E-state index in [2.05, 4.69) is 9.97 Å². The molecule has 0 aliphatic heterocycles. The molecule has 4 aromatic rings. The van der Waals surface area contributed by atoms with Crippen LogP contribution in [-0.4, -0.2) is 55.1 Å². The van der Waals surface area contributed by atoms with Crippen molar-refractivity contribution in [2.45, 2.75) is 58.0 Å². The Bertz CT molecular complexity index is 1770. The van der Waals surface area contributed by atoms with Crippen molar-refractivity contribution in [3.05, 3.63) is 94.8 Å². The Morgan fingerprint density at radius 1 is 0.788 bits per heavy atom. The number of carboxylic acids is 1. The van der Waals surface area contributed by atoms with Crippen LogP contribution >= 0.6 is 0 Å². The summed E-state index contributed by atoms with van der Waals surface area (Å²) in [5.41, 5.74) is -0.230. The highest BCUT2D eigenvalue weighted by Gasteiger charge is 2.37. The highest BCUT2D eigenvalue weighted by atomic mass is 19.4. The first-order chi connectivity index (χ1) is 24.6. The van der Waals surface area contributed by atoms with Crippen LogP contribution in [-0.2, 0) is 35.0 Å². The van der Waals surface area contributed by atoms with Crippen LogP contribution in [0.1, 0.15) is 60.4 Å². The van der Waals surface area contributed by atoms with Crippen LogP contribution in [0.5, 0.6) is 17.2 Å². The second-order valence-electron chi connectivity index (χ2n) is 12.1. The summed E-state index contributed by atoms with van der Waals surface area (Å²) >= 11 is 0. The summed E-state index contributed by atoms with van der Waals surface area (Å²) in [6, 6.07) is 12.4. The number of carboxylic acid groups (broad SMARTS) is 1. The zero-order valence-corrected chi connectivity index (χ0v) is 29.0. The van der Waals surface area contributed by atoms with Crippen LogP contribution < -0.4 is 19.1 Å². The first kappa shape index (κ1) is 39.7. The van der Waals surface area contributed by atoms with Gasteiger partial charge in [0.25, 0.3) is 0 Å². The SMILES string of the molecule is COCCOc1ccc(-c2cc(C(C)C)ccc2OC)c(CN(Cc2cc(C(F)(F)F)cc(C(F)(F)F)c2)c2ncc(OCCCC(=O)O)cn2)c1.